The van der Waals surface area contributed by atoms with Gasteiger partial charge in [-0.05, 0) is 35.9 Å². The number of hydrogen-bond donors (Lipinski definition) is 1. The molecular weight excluding hydrogens is 344 g/mol. The van der Waals surface area contributed by atoms with Gasteiger partial charge in [-0.2, -0.15) is 0 Å². The summed E-state index contributed by atoms with van der Waals surface area (Å²) < 4.78 is 2.19. The normalized spacial score (nSPS) is 17.5. The zero-order chi connectivity index (χ0) is 18.1. The van der Waals surface area contributed by atoms with Crippen molar-refractivity contribution in [2.75, 3.05) is 11.5 Å². The van der Waals surface area contributed by atoms with Crippen molar-refractivity contribution in [3.05, 3.63) is 63.6 Å². The summed E-state index contributed by atoms with van der Waals surface area (Å²) in [6.07, 6.45) is 0.842. The maximum Gasteiger partial charge on any atom is 0.228 e. The first-order valence-corrected chi connectivity index (χ1v) is 10.0. The Bertz CT molecular complexity index is 870. The molecule has 6 heteroatoms. The van der Waals surface area contributed by atoms with Crippen LogP contribution in [-0.2, 0) is 13.1 Å². The van der Waals surface area contributed by atoms with Crippen LogP contribution in [0.1, 0.15) is 54.1 Å². The lowest BCUT2D eigenvalue weighted by Gasteiger charge is -2.24. The molecule has 3 heterocycles. The Kier molecular flexibility index (Phi) is 4.78. The van der Waals surface area contributed by atoms with Gasteiger partial charge in [-0.25, -0.2) is 0 Å². The molecular formula is C20H24N4OS. The van der Waals surface area contributed by atoms with Crippen LogP contribution in [0.3, 0.4) is 0 Å². The fourth-order valence-corrected chi connectivity index (χ4v) is 4.44. The third-order valence-electron chi connectivity index (χ3n) is 5.30. The number of rotatable bonds is 6. The molecule has 2 atom stereocenters. The van der Waals surface area contributed by atoms with Gasteiger partial charge in [0.15, 0.2) is 0 Å². The Morgan fingerprint density at radius 2 is 2.08 bits per heavy atom. The van der Waals surface area contributed by atoms with E-state index >= 15 is 0 Å². The summed E-state index contributed by atoms with van der Waals surface area (Å²) in [6, 6.07) is 13.1. The van der Waals surface area contributed by atoms with Gasteiger partial charge < -0.3 is 10.0 Å². The summed E-state index contributed by atoms with van der Waals surface area (Å²) in [4.78, 5) is 3.59. The van der Waals surface area contributed by atoms with E-state index in [1.54, 1.807) is 11.3 Å². The highest BCUT2D eigenvalue weighted by Crippen LogP contribution is 2.37. The number of benzene rings is 1. The lowest BCUT2D eigenvalue weighted by Crippen LogP contribution is -2.24. The summed E-state index contributed by atoms with van der Waals surface area (Å²) >= 11 is 1.74. The first-order valence-electron chi connectivity index (χ1n) is 9.13. The van der Waals surface area contributed by atoms with E-state index in [0.29, 0.717) is 0 Å². The topological polar surface area (TPSA) is 54.2 Å². The second kappa shape index (κ2) is 7.21. The standard InChI is InChI=1S/C20H24N4OS/c1-3-15(13-25)19-21-22-20(24(19)12-17-8-6-10-26-17)23-11-16-7-4-5-9-18(16)14(23)2/h4-10,14-15,25H,3,11-13H2,1-2H3. The second-order valence-electron chi connectivity index (χ2n) is 6.81. The Morgan fingerprint density at radius 3 is 2.77 bits per heavy atom. The lowest BCUT2D eigenvalue weighted by atomic mass is 10.1. The molecule has 1 aliphatic rings. The van der Waals surface area contributed by atoms with E-state index in [2.05, 4.69) is 75.3 Å². The third kappa shape index (κ3) is 2.93. The second-order valence-corrected chi connectivity index (χ2v) is 7.85. The highest BCUT2D eigenvalue weighted by atomic mass is 32.1. The minimum Gasteiger partial charge on any atom is -0.396 e. The van der Waals surface area contributed by atoms with Crippen molar-refractivity contribution in [1.29, 1.82) is 0 Å². The van der Waals surface area contributed by atoms with Crippen LogP contribution in [0.15, 0.2) is 41.8 Å². The summed E-state index contributed by atoms with van der Waals surface area (Å²) in [5.74, 6) is 1.78. The minimum absolute atomic E-state index is 0.0106. The number of aliphatic hydroxyl groups is 1. The van der Waals surface area contributed by atoms with Gasteiger partial charge in [0.2, 0.25) is 5.95 Å². The first kappa shape index (κ1) is 17.2. The zero-order valence-electron chi connectivity index (χ0n) is 15.2. The summed E-state index contributed by atoms with van der Waals surface area (Å²) in [5.41, 5.74) is 2.70. The van der Waals surface area contributed by atoms with Crippen LogP contribution in [0, 0.1) is 0 Å². The molecule has 0 amide bonds. The quantitative estimate of drug-likeness (QED) is 0.716. The van der Waals surface area contributed by atoms with Gasteiger partial charge in [-0.1, -0.05) is 37.3 Å². The molecule has 3 aromatic rings. The van der Waals surface area contributed by atoms with Crippen LogP contribution in [0.25, 0.3) is 0 Å². The maximum absolute atomic E-state index is 9.81. The van der Waals surface area contributed by atoms with Crippen molar-refractivity contribution in [1.82, 2.24) is 14.8 Å². The molecule has 0 fully saturated rings. The van der Waals surface area contributed by atoms with Crippen molar-refractivity contribution in [2.24, 2.45) is 0 Å². The summed E-state index contributed by atoms with van der Waals surface area (Å²) in [7, 11) is 0. The molecule has 4 rings (SSSR count). The van der Waals surface area contributed by atoms with Gasteiger partial charge in [-0.15, -0.1) is 21.5 Å². The molecule has 26 heavy (non-hydrogen) atoms. The molecule has 1 aromatic carbocycles. The molecule has 0 spiro atoms. The minimum atomic E-state index is 0.0106. The average Bonchev–Trinajstić information content (AvgIpc) is 3.38. The Balaban J connectivity index is 1.74. The van der Waals surface area contributed by atoms with Gasteiger partial charge in [0.1, 0.15) is 5.82 Å². The van der Waals surface area contributed by atoms with Gasteiger partial charge in [-0.3, -0.25) is 4.57 Å². The smallest absolute Gasteiger partial charge is 0.228 e. The van der Waals surface area contributed by atoms with E-state index < -0.39 is 0 Å². The van der Waals surface area contributed by atoms with E-state index in [1.165, 1.54) is 16.0 Å². The lowest BCUT2D eigenvalue weighted by molar-refractivity contribution is 0.255. The monoisotopic (exact) mass is 368 g/mol. The van der Waals surface area contributed by atoms with Crippen LogP contribution in [0.2, 0.25) is 0 Å². The van der Waals surface area contributed by atoms with Crippen LogP contribution >= 0.6 is 11.3 Å². The number of fused-ring (bicyclic) bond motifs is 1. The number of anilines is 1. The predicted octanol–water partition coefficient (Wildman–Crippen LogP) is 3.96. The van der Waals surface area contributed by atoms with Crippen molar-refractivity contribution in [3.63, 3.8) is 0 Å². The predicted molar refractivity (Wildman–Crippen MR) is 105 cm³/mol. The van der Waals surface area contributed by atoms with Gasteiger partial charge in [0.05, 0.1) is 19.2 Å². The maximum atomic E-state index is 9.81. The highest BCUT2D eigenvalue weighted by molar-refractivity contribution is 7.09. The van der Waals surface area contributed by atoms with Crippen molar-refractivity contribution in [3.8, 4) is 0 Å². The van der Waals surface area contributed by atoms with Crippen molar-refractivity contribution in [2.45, 2.75) is 45.3 Å². The van der Waals surface area contributed by atoms with Gasteiger partial charge in [0.25, 0.3) is 0 Å². The molecule has 0 aliphatic carbocycles. The van der Waals surface area contributed by atoms with Crippen molar-refractivity contribution < 1.29 is 5.11 Å². The number of hydrogen-bond acceptors (Lipinski definition) is 5. The molecule has 5 nitrogen and oxygen atoms in total. The molecule has 1 N–H and O–H groups in total. The summed E-state index contributed by atoms with van der Waals surface area (Å²) in [6.45, 7) is 5.98. The molecule has 0 saturated heterocycles. The third-order valence-corrected chi connectivity index (χ3v) is 6.16. The van der Waals surface area contributed by atoms with Crippen LogP contribution in [0.5, 0.6) is 0 Å². The van der Waals surface area contributed by atoms with Crippen LogP contribution in [-0.4, -0.2) is 26.5 Å². The highest BCUT2D eigenvalue weighted by Gasteiger charge is 2.31. The molecule has 0 bridgehead atoms. The molecule has 2 unspecified atom stereocenters. The van der Waals surface area contributed by atoms with Gasteiger partial charge >= 0.3 is 0 Å². The SMILES string of the molecule is CCC(CO)c1nnc(N2Cc3ccccc3C2C)n1Cc1cccs1. The van der Waals surface area contributed by atoms with E-state index in [0.717, 1.165) is 31.3 Å². The van der Waals surface area contributed by atoms with E-state index in [9.17, 15) is 5.11 Å². The van der Waals surface area contributed by atoms with E-state index in [1.807, 2.05) is 0 Å². The van der Waals surface area contributed by atoms with E-state index in [4.69, 9.17) is 0 Å². The Hall–Kier alpha value is -2.18. The molecule has 1 aliphatic heterocycles. The largest absolute Gasteiger partial charge is 0.396 e. The van der Waals surface area contributed by atoms with Crippen molar-refractivity contribution >= 4 is 17.3 Å². The van der Waals surface area contributed by atoms with E-state index in [-0.39, 0.29) is 18.6 Å². The average molecular weight is 369 g/mol. The van der Waals surface area contributed by atoms with Gasteiger partial charge in [0, 0.05) is 17.3 Å². The van der Waals surface area contributed by atoms with Crippen LogP contribution < -0.4 is 4.90 Å². The number of aromatic nitrogens is 3. The zero-order valence-corrected chi connectivity index (χ0v) is 16.0. The Morgan fingerprint density at radius 1 is 1.23 bits per heavy atom. The molecule has 0 radical (unpaired) electrons. The fraction of sp³-hybridized carbons (Fsp3) is 0.400. The fourth-order valence-electron chi connectivity index (χ4n) is 3.74. The molecule has 2 aromatic heterocycles. The summed E-state index contributed by atoms with van der Waals surface area (Å²) in [5, 5.41) is 21.0. The first-order chi connectivity index (χ1) is 12.7. The molecule has 0 saturated carbocycles. The number of nitrogens with zero attached hydrogens (tertiary/aromatic N) is 4. The number of aliphatic hydroxyl groups excluding tert-OH is 1. The van der Waals surface area contributed by atoms with Crippen LogP contribution in [0.4, 0.5) is 5.95 Å². The Labute approximate surface area is 157 Å². The molecule has 136 valence electrons. The number of thiophene rings is 1.